The molecule has 0 saturated carbocycles. The molecule has 0 saturated heterocycles. The summed E-state index contributed by atoms with van der Waals surface area (Å²) in [5.41, 5.74) is 0.307. The Balaban J connectivity index is 3.55. The summed E-state index contributed by atoms with van der Waals surface area (Å²) in [5.74, 6) is -0.445. The van der Waals surface area contributed by atoms with E-state index in [2.05, 4.69) is 10.6 Å². The lowest BCUT2D eigenvalue weighted by molar-refractivity contribution is -0.132. The Morgan fingerprint density at radius 2 is 2.00 bits per heavy atom. The first kappa shape index (κ1) is 15.6. The van der Waals surface area contributed by atoms with E-state index in [4.69, 9.17) is 5.11 Å². The first-order valence-electron chi connectivity index (χ1n) is 5.81. The molecule has 0 unspecified atom stereocenters. The standard InChI is InChI=1S/C12H22N2O3/c1-9(2)8-14-11(15)5-7-13-6-4-10(3)12(16)17/h4,9,13H,5-8H2,1-3H3,(H,14,15)(H,16,17)/b10-4-. The van der Waals surface area contributed by atoms with E-state index in [9.17, 15) is 9.59 Å². The maximum absolute atomic E-state index is 11.3. The highest BCUT2D eigenvalue weighted by molar-refractivity contribution is 5.85. The first-order valence-corrected chi connectivity index (χ1v) is 5.81. The Bertz CT molecular complexity index is 285. The number of hydrogen-bond donors (Lipinski definition) is 3. The SMILES string of the molecule is C/C(=C/CNCCC(=O)NCC(C)C)C(=O)O. The van der Waals surface area contributed by atoms with Crippen LogP contribution in [0.15, 0.2) is 11.6 Å². The van der Waals surface area contributed by atoms with Crippen LogP contribution in [0.5, 0.6) is 0 Å². The van der Waals surface area contributed by atoms with Crippen molar-refractivity contribution >= 4 is 11.9 Å². The Labute approximate surface area is 102 Å². The van der Waals surface area contributed by atoms with Gasteiger partial charge in [-0.1, -0.05) is 19.9 Å². The molecule has 0 aliphatic carbocycles. The van der Waals surface area contributed by atoms with Crippen LogP contribution in [-0.4, -0.2) is 36.6 Å². The summed E-state index contributed by atoms with van der Waals surface area (Å²) in [6.45, 7) is 7.33. The highest BCUT2D eigenvalue weighted by Gasteiger charge is 2.01. The van der Waals surface area contributed by atoms with Gasteiger partial charge in [-0.3, -0.25) is 4.79 Å². The normalized spacial score (nSPS) is 11.6. The van der Waals surface area contributed by atoms with Crippen LogP contribution < -0.4 is 10.6 Å². The van der Waals surface area contributed by atoms with E-state index in [1.165, 1.54) is 0 Å². The molecule has 0 radical (unpaired) electrons. The Morgan fingerprint density at radius 1 is 1.35 bits per heavy atom. The van der Waals surface area contributed by atoms with E-state index in [0.29, 0.717) is 37.5 Å². The summed E-state index contributed by atoms with van der Waals surface area (Å²) in [4.78, 5) is 21.8. The molecule has 17 heavy (non-hydrogen) atoms. The number of hydrogen-bond acceptors (Lipinski definition) is 3. The van der Waals surface area contributed by atoms with Gasteiger partial charge in [0.1, 0.15) is 0 Å². The van der Waals surface area contributed by atoms with Gasteiger partial charge in [0.15, 0.2) is 0 Å². The molecule has 5 heteroatoms. The van der Waals surface area contributed by atoms with Crippen molar-refractivity contribution in [1.29, 1.82) is 0 Å². The number of carboxylic acid groups (broad SMARTS) is 1. The van der Waals surface area contributed by atoms with Crippen LogP contribution in [0, 0.1) is 5.92 Å². The largest absolute Gasteiger partial charge is 0.478 e. The molecule has 0 aromatic carbocycles. The lowest BCUT2D eigenvalue weighted by Gasteiger charge is -2.07. The monoisotopic (exact) mass is 242 g/mol. The van der Waals surface area contributed by atoms with E-state index in [1.807, 2.05) is 13.8 Å². The maximum atomic E-state index is 11.3. The fraction of sp³-hybridized carbons (Fsp3) is 0.667. The molecule has 0 aliphatic heterocycles. The van der Waals surface area contributed by atoms with Crippen molar-refractivity contribution in [2.24, 2.45) is 5.92 Å². The van der Waals surface area contributed by atoms with Gasteiger partial charge < -0.3 is 15.7 Å². The fourth-order valence-corrected chi connectivity index (χ4v) is 1.02. The summed E-state index contributed by atoms with van der Waals surface area (Å²) in [5, 5.41) is 14.4. The summed E-state index contributed by atoms with van der Waals surface area (Å²) in [6, 6.07) is 0. The van der Waals surface area contributed by atoms with Gasteiger partial charge in [-0.25, -0.2) is 4.79 Å². The summed E-state index contributed by atoms with van der Waals surface area (Å²) in [7, 11) is 0. The van der Waals surface area contributed by atoms with Crippen LogP contribution in [0.25, 0.3) is 0 Å². The molecule has 0 spiro atoms. The van der Waals surface area contributed by atoms with Crippen molar-refractivity contribution in [3.05, 3.63) is 11.6 Å². The Kier molecular flexibility index (Phi) is 8.05. The molecule has 0 atom stereocenters. The van der Waals surface area contributed by atoms with Crippen LogP contribution in [0.4, 0.5) is 0 Å². The first-order chi connectivity index (χ1) is 7.93. The molecule has 98 valence electrons. The van der Waals surface area contributed by atoms with Crippen LogP contribution in [0.3, 0.4) is 0 Å². The van der Waals surface area contributed by atoms with Gasteiger partial charge >= 0.3 is 5.97 Å². The molecule has 3 N–H and O–H groups in total. The zero-order valence-electron chi connectivity index (χ0n) is 10.7. The van der Waals surface area contributed by atoms with Crippen LogP contribution in [-0.2, 0) is 9.59 Å². The smallest absolute Gasteiger partial charge is 0.330 e. The van der Waals surface area contributed by atoms with Crippen LogP contribution in [0.1, 0.15) is 27.2 Å². The van der Waals surface area contributed by atoms with Gasteiger partial charge in [0.25, 0.3) is 0 Å². The van der Waals surface area contributed by atoms with E-state index < -0.39 is 5.97 Å². The molecule has 0 aliphatic rings. The van der Waals surface area contributed by atoms with E-state index in [1.54, 1.807) is 13.0 Å². The van der Waals surface area contributed by atoms with Gasteiger partial charge in [0, 0.05) is 31.6 Å². The van der Waals surface area contributed by atoms with Crippen molar-refractivity contribution in [2.45, 2.75) is 27.2 Å². The summed E-state index contributed by atoms with van der Waals surface area (Å²) in [6.07, 6.45) is 2.00. The predicted octanol–water partition coefficient (Wildman–Crippen LogP) is 0.769. The minimum atomic E-state index is -0.915. The van der Waals surface area contributed by atoms with E-state index in [0.717, 1.165) is 0 Å². The van der Waals surface area contributed by atoms with Crippen LogP contribution in [0.2, 0.25) is 0 Å². The molecule has 0 aromatic heterocycles. The number of carbonyl (C=O) groups excluding carboxylic acids is 1. The average molecular weight is 242 g/mol. The zero-order valence-corrected chi connectivity index (χ0v) is 10.7. The number of nitrogens with one attached hydrogen (secondary N) is 2. The number of amides is 1. The van der Waals surface area contributed by atoms with Gasteiger partial charge in [0.05, 0.1) is 0 Å². The maximum Gasteiger partial charge on any atom is 0.330 e. The van der Waals surface area contributed by atoms with Crippen LogP contribution >= 0.6 is 0 Å². The zero-order chi connectivity index (χ0) is 13.3. The summed E-state index contributed by atoms with van der Waals surface area (Å²) >= 11 is 0. The van der Waals surface area contributed by atoms with Crippen molar-refractivity contribution in [1.82, 2.24) is 10.6 Å². The topological polar surface area (TPSA) is 78.4 Å². The average Bonchev–Trinajstić information content (AvgIpc) is 2.25. The lowest BCUT2D eigenvalue weighted by Crippen LogP contribution is -2.30. The molecule has 0 fully saturated rings. The van der Waals surface area contributed by atoms with Crippen molar-refractivity contribution in [2.75, 3.05) is 19.6 Å². The minimum absolute atomic E-state index is 0.0186. The van der Waals surface area contributed by atoms with Gasteiger partial charge in [0.2, 0.25) is 5.91 Å². The molecule has 1 amide bonds. The van der Waals surface area contributed by atoms with Gasteiger partial charge in [-0.05, 0) is 12.8 Å². The van der Waals surface area contributed by atoms with Crippen molar-refractivity contribution in [3.8, 4) is 0 Å². The quantitative estimate of drug-likeness (QED) is 0.434. The molecule has 0 rings (SSSR count). The molecule has 0 bridgehead atoms. The number of carboxylic acids is 1. The van der Waals surface area contributed by atoms with Crippen molar-refractivity contribution in [3.63, 3.8) is 0 Å². The molecule has 0 heterocycles. The number of aliphatic carboxylic acids is 1. The summed E-state index contributed by atoms with van der Waals surface area (Å²) < 4.78 is 0. The Hall–Kier alpha value is -1.36. The third-order valence-electron chi connectivity index (χ3n) is 2.13. The molecular weight excluding hydrogens is 220 g/mol. The lowest BCUT2D eigenvalue weighted by atomic mass is 10.2. The second-order valence-corrected chi connectivity index (χ2v) is 4.34. The fourth-order valence-electron chi connectivity index (χ4n) is 1.02. The second kappa shape index (κ2) is 8.75. The molecule has 0 aromatic rings. The third-order valence-corrected chi connectivity index (χ3v) is 2.13. The Morgan fingerprint density at radius 3 is 2.53 bits per heavy atom. The van der Waals surface area contributed by atoms with Gasteiger partial charge in [-0.2, -0.15) is 0 Å². The third kappa shape index (κ3) is 9.56. The second-order valence-electron chi connectivity index (χ2n) is 4.34. The molecule has 5 nitrogen and oxygen atoms in total. The van der Waals surface area contributed by atoms with Gasteiger partial charge in [-0.15, -0.1) is 0 Å². The van der Waals surface area contributed by atoms with Crippen molar-refractivity contribution < 1.29 is 14.7 Å². The highest BCUT2D eigenvalue weighted by Crippen LogP contribution is 1.90. The van der Waals surface area contributed by atoms with E-state index in [-0.39, 0.29) is 5.91 Å². The molecular formula is C12H22N2O3. The minimum Gasteiger partial charge on any atom is -0.478 e. The number of rotatable bonds is 8. The number of carbonyl (C=O) groups is 2. The predicted molar refractivity (Wildman–Crippen MR) is 66.7 cm³/mol. The highest BCUT2D eigenvalue weighted by atomic mass is 16.4. The van der Waals surface area contributed by atoms with E-state index >= 15 is 0 Å².